The molecule has 0 fully saturated rings. The third-order valence-corrected chi connectivity index (χ3v) is 1.46. The molecule has 0 saturated heterocycles. The Bertz CT molecular complexity index is 226. The maximum absolute atomic E-state index is 11.1. The van der Waals surface area contributed by atoms with Crippen molar-refractivity contribution in [1.29, 1.82) is 0 Å². The zero-order chi connectivity index (χ0) is 10.5. The summed E-state index contributed by atoms with van der Waals surface area (Å²) < 4.78 is 4.60. The van der Waals surface area contributed by atoms with Crippen LogP contribution in [0.5, 0.6) is 0 Å². The van der Waals surface area contributed by atoms with Crippen molar-refractivity contribution in [1.82, 2.24) is 0 Å². The molecule has 13 heavy (non-hydrogen) atoms. The molecule has 1 unspecified atom stereocenters. The number of ether oxygens (including phenoxy) is 1. The first-order chi connectivity index (χ1) is 5.96. The second kappa shape index (κ2) is 4.61. The van der Waals surface area contributed by atoms with Crippen LogP contribution in [-0.2, 0) is 14.3 Å². The quantitative estimate of drug-likeness (QED) is 0.463. The Morgan fingerprint density at radius 1 is 1.69 bits per heavy atom. The number of hydrogen-bond donors (Lipinski definition) is 2. The Labute approximate surface area is 76.2 Å². The van der Waals surface area contributed by atoms with Crippen LogP contribution in [-0.4, -0.2) is 29.2 Å². The molecular formula is C8H13NO4. The van der Waals surface area contributed by atoms with E-state index in [-0.39, 0.29) is 6.61 Å². The molecule has 0 amide bonds. The van der Waals surface area contributed by atoms with Gasteiger partial charge in [-0.3, -0.25) is 4.79 Å². The fourth-order valence-electron chi connectivity index (χ4n) is 0.743. The molecule has 0 spiro atoms. The van der Waals surface area contributed by atoms with E-state index < -0.39 is 23.9 Å². The lowest BCUT2D eigenvalue weighted by Crippen LogP contribution is -2.48. The molecule has 1 atom stereocenters. The molecule has 0 heterocycles. The van der Waals surface area contributed by atoms with Crippen molar-refractivity contribution in [3.63, 3.8) is 0 Å². The SMILES string of the molecule is C=CC(N)(CC(=O)O)C(=O)OCC. The molecule has 0 radical (unpaired) electrons. The van der Waals surface area contributed by atoms with Gasteiger partial charge in [0.1, 0.15) is 5.54 Å². The maximum atomic E-state index is 11.1. The third-order valence-electron chi connectivity index (χ3n) is 1.46. The van der Waals surface area contributed by atoms with E-state index in [1.165, 1.54) is 0 Å². The smallest absolute Gasteiger partial charge is 0.330 e. The van der Waals surface area contributed by atoms with E-state index in [0.717, 1.165) is 6.08 Å². The average Bonchev–Trinajstić information content (AvgIpc) is 2.03. The first-order valence-corrected chi connectivity index (χ1v) is 3.77. The Morgan fingerprint density at radius 3 is 2.54 bits per heavy atom. The predicted molar refractivity (Wildman–Crippen MR) is 46.0 cm³/mol. The monoisotopic (exact) mass is 187 g/mol. The van der Waals surface area contributed by atoms with E-state index >= 15 is 0 Å². The minimum absolute atomic E-state index is 0.158. The van der Waals surface area contributed by atoms with Crippen molar-refractivity contribution >= 4 is 11.9 Å². The van der Waals surface area contributed by atoms with Crippen molar-refractivity contribution in [3.05, 3.63) is 12.7 Å². The number of carbonyl (C=O) groups excluding carboxylic acids is 1. The van der Waals surface area contributed by atoms with Gasteiger partial charge in [0, 0.05) is 0 Å². The van der Waals surface area contributed by atoms with Crippen molar-refractivity contribution in [3.8, 4) is 0 Å². The summed E-state index contributed by atoms with van der Waals surface area (Å²) in [6, 6.07) is 0. The average molecular weight is 187 g/mol. The molecule has 0 aromatic carbocycles. The van der Waals surface area contributed by atoms with Crippen molar-refractivity contribution in [2.75, 3.05) is 6.61 Å². The summed E-state index contributed by atoms with van der Waals surface area (Å²) in [5, 5.41) is 8.46. The van der Waals surface area contributed by atoms with Gasteiger partial charge in [0.05, 0.1) is 13.0 Å². The largest absolute Gasteiger partial charge is 0.481 e. The Balaban J connectivity index is 4.51. The van der Waals surface area contributed by atoms with Crippen LogP contribution in [0.3, 0.4) is 0 Å². The Kier molecular flexibility index (Phi) is 4.13. The summed E-state index contributed by atoms with van der Waals surface area (Å²) in [5.41, 5.74) is 3.83. The third kappa shape index (κ3) is 3.25. The fraction of sp³-hybridized carbons (Fsp3) is 0.500. The first-order valence-electron chi connectivity index (χ1n) is 3.77. The zero-order valence-electron chi connectivity index (χ0n) is 7.45. The van der Waals surface area contributed by atoms with Gasteiger partial charge in [0.2, 0.25) is 0 Å². The molecule has 0 bridgehead atoms. The second-order valence-electron chi connectivity index (χ2n) is 2.54. The van der Waals surface area contributed by atoms with Crippen LogP contribution in [0.15, 0.2) is 12.7 Å². The van der Waals surface area contributed by atoms with Gasteiger partial charge in [0.15, 0.2) is 0 Å². The summed E-state index contributed by atoms with van der Waals surface area (Å²) in [6.07, 6.45) is 0.564. The summed E-state index contributed by atoms with van der Waals surface area (Å²) in [4.78, 5) is 21.5. The van der Waals surface area contributed by atoms with Crippen molar-refractivity contribution < 1.29 is 19.4 Å². The Hall–Kier alpha value is -1.36. The fourth-order valence-corrected chi connectivity index (χ4v) is 0.743. The number of carbonyl (C=O) groups is 2. The zero-order valence-corrected chi connectivity index (χ0v) is 7.45. The molecule has 0 aliphatic heterocycles. The molecule has 0 aromatic heterocycles. The lowest BCUT2D eigenvalue weighted by Gasteiger charge is -2.20. The highest BCUT2D eigenvalue weighted by Gasteiger charge is 2.34. The number of nitrogens with two attached hydrogens (primary N) is 1. The van der Waals surface area contributed by atoms with E-state index in [9.17, 15) is 9.59 Å². The van der Waals surface area contributed by atoms with Crippen LogP contribution in [0.4, 0.5) is 0 Å². The molecule has 5 heteroatoms. The van der Waals surface area contributed by atoms with Gasteiger partial charge < -0.3 is 15.6 Å². The van der Waals surface area contributed by atoms with Gasteiger partial charge in [-0.25, -0.2) is 4.79 Å². The van der Waals surface area contributed by atoms with Crippen LogP contribution in [0.2, 0.25) is 0 Å². The molecule has 5 nitrogen and oxygen atoms in total. The van der Waals surface area contributed by atoms with E-state index in [1.807, 2.05) is 0 Å². The molecule has 0 aliphatic carbocycles. The lowest BCUT2D eigenvalue weighted by atomic mass is 9.97. The lowest BCUT2D eigenvalue weighted by molar-refractivity contribution is -0.152. The number of carboxylic acids is 1. The van der Waals surface area contributed by atoms with E-state index in [2.05, 4.69) is 11.3 Å². The minimum Gasteiger partial charge on any atom is -0.481 e. The van der Waals surface area contributed by atoms with Gasteiger partial charge in [0.25, 0.3) is 0 Å². The van der Waals surface area contributed by atoms with Gasteiger partial charge in [-0.1, -0.05) is 6.08 Å². The van der Waals surface area contributed by atoms with Gasteiger partial charge in [-0.05, 0) is 6.92 Å². The first kappa shape index (κ1) is 11.6. The molecule has 0 rings (SSSR count). The minimum atomic E-state index is -1.62. The molecule has 3 N–H and O–H groups in total. The molecular weight excluding hydrogens is 174 g/mol. The molecule has 0 saturated carbocycles. The number of hydrogen-bond acceptors (Lipinski definition) is 4. The van der Waals surface area contributed by atoms with E-state index in [0.29, 0.717) is 0 Å². The summed E-state index contributed by atoms with van der Waals surface area (Å²) in [5.74, 6) is -1.94. The topological polar surface area (TPSA) is 89.6 Å². The van der Waals surface area contributed by atoms with Crippen LogP contribution in [0, 0.1) is 0 Å². The van der Waals surface area contributed by atoms with Crippen molar-refractivity contribution in [2.24, 2.45) is 5.73 Å². The summed E-state index contributed by atoms with van der Waals surface area (Å²) in [6.45, 7) is 5.07. The number of aliphatic carboxylic acids is 1. The van der Waals surface area contributed by atoms with Gasteiger partial charge in [-0.15, -0.1) is 6.58 Å². The molecule has 0 aromatic rings. The number of esters is 1. The van der Waals surface area contributed by atoms with Crippen LogP contribution in [0.25, 0.3) is 0 Å². The highest BCUT2D eigenvalue weighted by Crippen LogP contribution is 2.10. The highest BCUT2D eigenvalue weighted by molar-refractivity contribution is 5.88. The normalized spacial score (nSPS) is 14.3. The van der Waals surface area contributed by atoms with Crippen LogP contribution >= 0.6 is 0 Å². The molecule has 0 aliphatic rings. The Morgan fingerprint density at radius 2 is 2.23 bits per heavy atom. The number of rotatable bonds is 5. The van der Waals surface area contributed by atoms with Gasteiger partial charge >= 0.3 is 11.9 Å². The van der Waals surface area contributed by atoms with Gasteiger partial charge in [-0.2, -0.15) is 0 Å². The van der Waals surface area contributed by atoms with E-state index in [4.69, 9.17) is 10.8 Å². The number of carboxylic acid groups (broad SMARTS) is 1. The molecule has 74 valence electrons. The van der Waals surface area contributed by atoms with Crippen molar-refractivity contribution in [2.45, 2.75) is 18.9 Å². The summed E-state index contributed by atoms with van der Waals surface area (Å²) in [7, 11) is 0. The summed E-state index contributed by atoms with van der Waals surface area (Å²) >= 11 is 0. The van der Waals surface area contributed by atoms with Crippen LogP contribution in [0.1, 0.15) is 13.3 Å². The second-order valence-corrected chi connectivity index (χ2v) is 2.54. The van der Waals surface area contributed by atoms with Crippen LogP contribution < -0.4 is 5.73 Å². The maximum Gasteiger partial charge on any atom is 0.330 e. The predicted octanol–water partition coefficient (Wildman–Crippen LogP) is -0.0923. The standard InChI is InChI=1S/C8H13NO4/c1-3-8(9,5-6(10)11)7(12)13-4-2/h3H,1,4-5,9H2,2H3,(H,10,11). The van der Waals surface area contributed by atoms with E-state index in [1.54, 1.807) is 6.92 Å². The highest BCUT2D eigenvalue weighted by atomic mass is 16.5.